The van der Waals surface area contributed by atoms with Gasteiger partial charge in [0.2, 0.25) is 0 Å². The SMILES string of the molecule is COC(=O)CCCC(=O)O[C@@]1(C#Cc2cccc(C)c2)CCC[C@@H]2[C@H]1CCN2C(=O)OC. The van der Waals surface area contributed by atoms with Gasteiger partial charge in [0, 0.05) is 36.9 Å². The molecule has 1 heterocycles. The van der Waals surface area contributed by atoms with E-state index in [1.807, 2.05) is 31.2 Å². The maximum atomic E-state index is 12.8. The number of hydrogen-bond donors (Lipinski definition) is 0. The molecule has 1 aliphatic heterocycles. The first-order valence-corrected chi connectivity index (χ1v) is 11.1. The lowest BCUT2D eigenvalue weighted by Gasteiger charge is -2.42. The summed E-state index contributed by atoms with van der Waals surface area (Å²) in [7, 11) is 2.70. The quantitative estimate of drug-likeness (QED) is 0.394. The Morgan fingerprint density at radius 2 is 1.91 bits per heavy atom. The second-order valence-corrected chi connectivity index (χ2v) is 8.43. The fraction of sp³-hybridized carbons (Fsp3) is 0.560. The van der Waals surface area contributed by atoms with Gasteiger partial charge in [-0.05, 0) is 62.6 Å². The number of benzene rings is 1. The first-order chi connectivity index (χ1) is 15.4. The van der Waals surface area contributed by atoms with Crippen LogP contribution in [0.3, 0.4) is 0 Å². The van der Waals surface area contributed by atoms with E-state index in [9.17, 15) is 14.4 Å². The van der Waals surface area contributed by atoms with Gasteiger partial charge >= 0.3 is 18.0 Å². The van der Waals surface area contributed by atoms with Crippen LogP contribution in [0.25, 0.3) is 0 Å². The molecule has 3 atom stereocenters. The standard InChI is InChI=1S/C25H31NO6/c1-18-7-4-8-19(17-18)12-15-25(32-23(28)11-5-10-22(27)30-2)14-6-9-21-20(25)13-16-26(21)24(29)31-3/h4,7-8,17,20-21H,5-6,9-11,13-14,16H2,1-3H3/t20-,21-,25-/m1/s1. The van der Waals surface area contributed by atoms with E-state index in [2.05, 4.69) is 16.6 Å². The van der Waals surface area contributed by atoms with Crippen molar-refractivity contribution in [1.82, 2.24) is 4.90 Å². The first-order valence-electron chi connectivity index (χ1n) is 11.1. The molecule has 0 aromatic heterocycles. The molecule has 1 saturated carbocycles. The topological polar surface area (TPSA) is 82.1 Å². The lowest BCUT2D eigenvalue weighted by Crippen LogP contribution is -2.51. The summed E-state index contributed by atoms with van der Waals surface area (Å²) in [6, 6.07) is 7.80. The number of amides is 1. The Morgan fingerprint density at radius 1 is 1.12 bits per heavy atom. The van der Waals surface area contributed by atoms with Crippen LogP contribution in [0.15, 0.2) is 24.3 Å². The molecule has 0 bridgehead atoms. The Kier molecular flexibility index (Phi) is 7.79. The highest BCUT2D eigenvalue weighted by atomic mass is 16.6. The third-order valence-corrected chi connectivity index (χ3v) is 6.32. The van der Waals surface area contributed by atoms with E-state index < -0.39 is 5.60 Å². The molecule has 1 saturated heterocycles. The number of esters is 2. The minimum Gasteiger partial charge on any atom is -0.469 e. The van der Waals surface area contributed by atoms with Crippen molar-refractivity contribution in [2.24, 2.45) is 5.92 Å². The number of aryl methyl sites for hydroxylation is 1. The van der Waals surface area contributed by atoms with Crippen LogP contribution in [0.2, 0.25) is 0 Å². The predicted molar refractivity (Wildman–Crippen MR) is 118 cm³/mol. The zero-order valence-electron chi connectivity index (χ0n) is 19.0. The van der Waals surface area contributed by atoms with Gasteiger partial charge in [0.1, 0.15) is 0 Å². The molecular weight excluding hydrogens is 410 g/mol. The number of nitrogens with zero attached hydrogens (tertiary/aromatic N) is 1. The molecule has 0 N–H and O–H groups in total. The van der Waals surface area contributed by atoms with Crippen LogP contribution in [0.5, 0.6) is 0 Å². The van der Waals surface area contributed by atoms with E-state index in [4.69, 9.17) is 9.47 Å². The van der Waals surface area contributed by atoms with Gasteiger partial charge in [-0.2, -0.15) is 0 Å². The smallest absolute Gasteiger partial charge is 0.409 e. The van der Waals surface area contributed by atoms with E-state index in [1.54, 1.807) is 4.90 Å². The van der Waals surface area contributed by atoms with E-state index in [0.717, 1.165) is 24.0 Å². The van der Waals surface area contributed by atoms with Crippen LogP contribution in [-0.2, 0) is 23.8 Å². The molecule has 7 heteroatoms. The van der Waals surface area contributed by atoms with Gasteiger partial charge in [-0.1, -0.05) is 18.1 Å². The van der Waals surface area contributed by atoms with Crippen LogP contribution in [0.1, 0.15) is 56.1 Å². The molecule has 1 amide bonds. The van der Waals surface area contributed by atoms with E-state index in [0.29, 0.717) is 25.8 Å². The third kappa shape index (κ3) is 5.42. The number of carbonyl (C=O) groups is 3. The van der Waals surface area contributed by atoms with Crippen molar-refractivity contribution >= 4 is 18.0 Å². The van der Waals surface area contributed by atoms with Crippen molar-refractivity contribution in [3.8, 4) is 11.8 Å². The average molecular weight is 442 g/mol. The summed E-state index contributed by atoms with van der Waals surface area (Å²) < 4.78 is 15.7. The van der Waals surface area contributed by atoms with Gasteiger partial charge in [0.25, 0.3) is 0 Å². The summed E-state index contributed by atoms with van der Waals surface area (Å²) in [5, 5.41) is 0. The number of carbonyl (C=O) groups excluding carboxylic acids is 3. The average Bonchev–Trinajstić information content (AvgIpc) is 3.23. The molecule has 7 nitrogen and oxygen atoms in total. The lowest BCUT2D eigenvalue weighted by atomic mass is 9.72. The molecular formula is C25H31NO6. The Bertz CT molecular complexity index is 916. The summed E-state index contributed by atoms with van der Waals surface area (Å²) in [5.41, 5.74) is 0.985. The Morgan fingerprint density at radius 3 is 2.62 bits per heavy atom. The highest BCUT2D eigenvalue weighted by Crippen LogP contribution is 2.45. The normalized spacial score (nSPS) is 24.0. The second-order valence-electron chi connectivity index (χ2n) is 8.43. The lowest BCUT2D eigenvalue weighted by molar-refractivity contribution is -0.163. The van der Waals surface area contributed by atoms with Gasteiger partial charge < -0.3 is 19.1 Å². The monoisotopic (exact) mass is 441 g/mol. The fourth-order valence-corrected chi connectivity index (χ4v) is 4.80. The number of fused-ring (bicyclic) bond motifs is 1. The third-order valence-electron chi connectivity index (χ3n) is 6.32. The minimum atomic E-state index is -0.974. The maximum Gasteiger partial charge on any atom is 0.409 e. The molecule has 1 aromatic carbocycles. The summed E-state index contributed by atoms with van der Waals surface area (Å²) in [5.74, 6) is 5.70. The van der Waals surface area contributed by atoms with Gasteiger partial charge in [0.05, 0.1) is 14.2 Å². The largest absolute Gasteiger partial charge is 0.469 e. The Labute approximate surface area is 189 Å². The molecule has 0 spiro atoms. The van der Waals surface area contributed by atoms with E-state index in [-0.39, 0.29) is 42.8 Å². The number of likely N-dealkylation sites (tertiary alicyclic amines) is 1. The van der Waals surface area contributed by atoms with Crippen molar-refractivity contribution in [2.45, 2.75) is 63.5 Å². The van der Waals surface area contributed by atoms with Crippen molar-refractivity contribution in [3.63, 3.8) is 0 Å². The molecule has 1 aromatic rings. The van der Waals surface area contributed by atoms with Crippen LogP contribution in [-0.4, -0.2) is 55.3 Å². The van der Waals surface area contributed by atoms with E-state index >= 15 is 0 Å². The summed E-state index contributed by atoms with van der Waals surface area (Å²) >= 11 is 0. The fourth-order valence-electron chi connectivity index (χ4n) is 4.80. The summed E-state index contributed by atoms with van der Waals surface area (Å²) in [6.07, 6.45) is 3.19. The molecule has 32 heavy (non-hydrogen) atoms. The molecule has 3 rings (SSSR count). The van der Waals surface area contributed by atoms with Gasteiger partial charge in [0.15, 0.2) is 5.60 Å². The van der Waals surface area contributed by atoms with Crippen molar-refractivity contribution in [3.05, 3.63) is 35.4 Å². The molecule has 2 aliphatic rings. The predicted octanol–water partition coefficient (Wildman–Crippen LogP) is 3.61. The molecule has 172 valence electrons. The zero-order valence-corrected chi connectivity index (χ0v) is 19.0. The molecule has 1 aliphatic carbocycles. The van der Waals surface area contributed by atoms with Gasteiger partial charge in [-0.3, -0.25) is 9.59 Å². The Balaban J connectivity index is 1.85. The molecule has 0 radical (unpaired) electrons. The number of rotatable bonds is 5. The highest BCUT2D eigenvalue weighted by molar-refractivity contribution is 5.73. The van der Waals surface area contributed by atoms with Gasteiger partial charge in [-0.25, -0.2) is 4.79 Å². The molecule has 0 unspecified atom stereocenters. The molecule has 2 fully saturated rings. The summed E-state index contributed by atoms with van der Waals surface area (Å²) in [6.45, 7) is 2.56. The van der Waals surface area contributed by atoms with Gasteiger partial charge in [-0.15, -0.1) is 0 Å². The zero-order chi connectivity index (χ0) is 23.1. The minimum absolute atomic E-state index is 0.0779. The number of methoxy groups -OCH3 is 2. The Hall–Kier alpha value is -3.01. The summed E-state index contributed by atoms with van der Waals surface area (Å²) in [4.78, 5) is 38.1. The van der Waals surface area contributed by atoms with Crippen molar-refractivity contribution in [2.75, 3.05) is 20.8 Å². The van der Waals surface area contributed by atoms with Crippen LogP contribution < -0.4 is 0 Å². The van der Waals surface area contributed by atoms with Crippen molar-refractivity contribution < 1.29 is 28.6 Å². The van der Waals surface area contributed by atoms with Crippen molar-refractivity contribution in [1.29, 1.82) is 0 Å². The van der Waals surface area contributed by atoms with Crippen LogP contribution in [0, 0.1) is 24.7 Å². The second kappa shape index (κ2) is 10.5. The van der Waals surface area contributed by atoms with Crippen LogP contribution in [0.4, 0.5) is 4.79 Å². The van der Waals surface area contributed by atoms with Crippen LogP contribution >= 0.6 is 0 Å². The van der Waals surface area contributed by atoms with E-state index in [1.165, 1.54) is 14.2 Å². The highest BCUT2D eigenvalue weighted by Gasteiger charge is 2.53. The maximum absolute atomic E-state index is 12.8. The first kappa shape index (κ1) is 23.6. The number of ether oxygens (including phenoxy) is 3. The number of hydrogen-bond acceptors (Lipinski definition) is 6.